The molecule has 0 heterocycles. The summed E-state index contributed by atoms with van der Waals surface area (Å²) in [5, 5.41) is 8.85. The third-order valence-corrected chi connectivity index (χ3v) is 2.24. The first kappa shape index (κ1) is 13.2. The van der Waals surface area contributed by atoms with Gasteiger partial charge in [0.2, 0.25) is 0 Å². The second-order valence-electron chi connectivity index (χ2n) is 3.47. The average molecular weight is 202 g/mol. The highest BCUT2D eigenvalue weighted by molar-refractivity contribution is 5.74. The smallest absolute Gasteiger partial charge is 0.320 e. The predicted molar refractivity (Wildman–Crippen MR) is 57.2 cm³/mol. The maximum Gasteiger partial charge on any atom is 0.320 e. The molecule has 0 radical (unpaired) electrons. The molecule has 0 aromatic rings. The number of aliphatic hydroxyl groups excluding tert-OH is 1. The molecule has 0 aromatic carbocycles. The third kappa shape index (κ3) is 3.54. The van der Waals surface area contributed by atoms with E-state index in [2.05, 4.69) is 0 Å². The van der Waals surface area contributed by atoms with Gasteiger partial charge in [0.15, 0.2) is 0 Å². The van der Waals surface area contributed by atoms with Crippen LogP contribution in [-0.2, 0) is 0 Å². The van der Waals surface area contributed by atoms with Crippen LogP contribution in [0.4, 0.5) is 4.79 Å². The largest absolute Gasteiger partial charge is 0.395 e. The lowest BCUT2D eigenvalue weighted by Crippen LogP contribution is -2.47. The molecule has 0 fully saturated rings. The van der Waals surface area contributed by atoms with E-state index >= 15 is 0 Å². The fourth-order valence-electron chi connectivity index (χ4n) is 1.36. The second kappa shape index (κ2) is 6.65. The minimum absolute atomic E-state index is 0.0130. The quantitative estimate of drug-likeness (QED) is 0.727. The van der Waals surface area contributed by atoms with Gasteiger partial charge in [0.05, 0.1) is 6.61 Å². The highest BCUT2D eigenvalue weighted by atomic mass is 16.3. The molecule has 0 bridgehead atoms. The van der Waals surface area contributed by atoms with Gasteiger partial charge in [0, 0.05) is 25.7 Å². The van der Waals surface area contributed by atoms with Crippen LogP contribution in [0.2, 0.25) is 0 Å². The molecule has 14 heavy (non-hydrogen) atoms. The number of carbonyl (C=O) groups is 1. The monoisotopic (exact) mass is 202 g/mol. The molecule has 4 nitrogen and oxygen atoms in total. The van der Waals surface area contributed by atoms with Gasteiger partial charge in [0.1, 0.15) is 0 Å². The average Bonchev–Trinajstić information content (AvgIpc) is 2.15. The molecule has 0 aliphatic heterocycles. The molecule has 0 unspecified atom stereocenters. The van der Waals surface area contributed by atoms with Crippen LogP contribution in [0.25, 0.3) is 0 Å². The number of nitrogens with zero attached hydrogens (tertiary/aromatic N) is 2. The van der Waals surface area contributed by atoms with Gasteiger partial charge >= 0.3 is 6.03 Å². The summed E-state index contributed by atoms with van der Waals surface area (Å²) in [7, 11) is 0. The Morgan fingerprint density at radius 1 is 1.29 bits per heavy atom. The summed E-state index contributed by atoms with van der Waals surface area (Å²) in [5.74, 6) is 0. The molecule has 0 spiro atoms. The Kier molecular flexibility index (Phi) is 6.28. The molecule has 1 N–H and O–H groups in total. The second-order valence-corrected chi connectivity index (χ2v) is 3.47. The lowest BCUT2D eigenvalue weighted by molar-refractivity contribution is 0.129. The zero-order valence-electron chi connectivity index (χ0n) is 9.66. The van der Waals surface area contributed by atoms with Crippen molar-refractivity contribution >= 4 is 6.03 Å². The van der Waals surface area contributed by atoms with Crippen molar-refractivity contribution in [3.63, 3.8) is 0 Å². The van der Waals surface area contributed by atoms with E-state index in [4.69, 9.17) is 5.11 Å². The minimum atomic E-state index is 0.0130. The maximum absolute atomic E-state index is 11.9. The number of aliphatic hydroxyl groups is 1. The summed E-state index contributed by atoms with van der Waals surface area (Å²) in [4.78, 5) is 15.3. The van der Waals surface area contributed by atoms with E-state index in [1.807, 2.05) is 27.7 Å². The molecule has 0 aliphatic rings. The molecule has 0 saturated carbocycles. The Hall–Kier alpha value is -0.770. The molecular weight excluding hydrogens is 180 g/mol. The van der Waals surface area contributed by atoms with Crippen LogP contribution in [0.3, 0.4) is 0 Å². The molecule has 2 amide bonds. The van der Waals surface area contributed by atoms with Crippen molar-refractivity contribution in [1.29, 1.82) is 0 Å². The lowest BCUT2D eigenvalue weighted by Gasteiger charge is -2.31. The topological polar surface area (TPSA) is 43.8 Å². The molecular formula is C10H22N2O2. The first-order valence-corrected chi connectivity index (χ1v) is 5.24. The number of hydrogen-bond acceptors (Lipinski definition) is 2. The van der Waals surface area contributed by atoms with Gasteiger partial charge in [0.25, 0.3) is 0 Å². The third-order valence-electron chi connectivity index (χ3n) is 2.24. The van der Waals surface area contributed by atoms with Crippen LogP contribution >= 0.6 is 0 Å². The maximum atomic E-state index is 11.9. The first-order chi connectivity index (χ1) is 6.58. The molecule has 0 atom stereocenters. The number of carbonyl (C=O) groups excluding carboxylic acids is 1. The van der Waals surface area contributed by atoms with Gasteiger partial charge in [-0.25, -0.2) is 4.79 Å². The molecule has 84 valence electrons. The Bertz CT molecular complexity index is 168. The number of hydrogen-bond donors (Lipinski definition) is 1. The van der Waals surface area contributed by atoms with Crippen molar-refractivity contribution in [3.8, 4) is 0 Å². The Morgan fingerprint density at radius 2 is 1.79 bits per heavy atom. The SMILES string of the molecule is CCN(CC)C(=O)N(CCO)C(C)C. The van der Waals surface area contributed by atoms with Crippen molar-refractivity contribution in [2.24, 2.45) is 0 Å². The van der Waals surface area contributed by atoms with Gasteiger partial charge in [-0.15, -0.1) is 0 Å². The van der Waals surface area contributed by atoms with Gasteiger partial charge < -0.3 is 14.9 Å². The Balaban J connectivity index is 4.40. The highest BCUT2D eigenvalue weighted by Crippen LogP contribution is 2.03. The van der Waals surface area contributed by atoms with E-state index in [0.717, 1.165) is 0 Å². The summed E-state index contributed by atoms with van der Waals surface area (Å²) < 4.78 is 0. The first-order valence-electron chi connectivity index (χ1n) is 5.24. The van der Waals surface area contributed by atoms with E-state index in [0.29, 0.717) is 19.6 Å². The van der Waals surface area contributed by atoms with E-state index in [1.54, 1.807) is 9.80 Å². The van der Waals surface area contributed by atoms with Gasteiger partial charge in [-0.1, -0.05) is 0 Å². The van der Waals surface area contributed by atoms with E-state index < -0.39 is 0 Å². The zero-order valence-corrected chi connectivity index (χ0v) is 9.66. The van der Waals surface area contributed by atoms with Gasteiger partial charge in [-0.2, -0.15) is 0 Å². The van der Waals surface area contributed by atoms with Gasteiger partial charge in [-0.05, 0) is 27.7 Å². The van der Waals surface area contributed by atoms with E-state index in [9.17, 15) is 4.79 Å². The number of rotatable bonds is 5. The van der Waals surface area contributed by atoms with Crippen LogP contribution < -0.4 is 0 Å². The summed E-state index contributed by atoms with van der Waals surface area (Å²) in [6.07, 6.45) is 0. The van der Waals surface area contributed by atoms with Crippen LogP contribution in [0.1, 0.15) is 27.7 Å². The summed E-state index contributed by atoms with van der Waals surface area (Å²) >= 11 is 0. The van der Waals surface area contributed by atoms with Crippen molar-refractivity contribution in [1.82, 2.24) is 9.80 Å². The number of amides is 2. The summed E-state index contributed by atoms with van der Waals surface area (Å²) in [6.45, 7) is 9.68. The van der Waals surface area contributed by atoms with Crippen molar-refractivity contribution in [3.05, 3.63) is 0 Å². The van der Waals surface area contributed by atoms with Crippen LogP contribution in [0.5, 0.6) is 0 Å². The lowest BCUT2D eigenvalue weighted by atomic mass is 10.3. The van der Waals surface area contributed by atoms with Crippen LogP contribution in [0.15, 0.2) is 0 Å². The van der Waals surface area contributed by atoms with E-state index in [-0.39, 0.29) is 18.7 Å². The fraction of sp³-hybridized carbons (Fsp3) is 0.900. The zero-order chi connectivity index (χ0) is 11.1. The molecule has 0 aromatic heterocycles. The molecule has 0 rings (SSSR count). The van der Waals surface area contributed by atoms with Crippen molar-refractivity contribution in [2.45, 2.75) is 33.7 Å². The van der Waals surface area contributed by atoms with Crippen molar-refractivity contribution < 1.29 is 9.90 Å². The number of urea groups is 1. The van der Waals surface area contributed by atoms with Crippen LogP contribution in [-0.4, -0.2) is 53.2 Å². The van der Waals surface area contributed by atoms with Gasteiger partial charge in [-0.3, -0.25) is 0 Å². The highest BCUT2D eigenvalue weighted by Gasteiger charge is 2.20. The standard InChI is InChI=1S/C10H22N2O2/c1-5-11(6-2)10(14)12(7-8-13)9(3)4/h9,13H,5-8H2,1-4H3. The predicted octanol–water partition coefficient (Wildman–Crippen LogP) is 1.15. The fourth-order valence-corrected chi connectivity index (χ4v) is 1.36. The van der Waals surface area contributed by atoms with Crippen molar-refractivity contribution in [2.75, 3.05) is 26.2 Å². The Morgan fingerprint density at radius 3 is 2.07 bits per heavy atom. The molecule has 0 aliphatic carbocycles. The summed E-state index contributed by atoms with van der Waals surface area (Å²) in [6, 6.07) is 0.148. The van der Waals surface area contributed by atoms with E-state index in [1.165, 1.54) is 0 Å². The summed E-state index contributed by atoms with van der Waals surface area (Å²) in [5.41, 5.74) is 0. The van der Waals surface area contributed by atoms with Crippen LogP contribution in [0, 0.1) is 0 Å². The molecule has 0 saturated heterocycles. The Labute approximate surface area is 86.5 Å². The normalized spacial score (nSPS) is 10.4. The minimum Gasteiger partial charge on any atom is -0.395 e. The molecule has 4 heteroatoms.